The Morgan fingerprint density at radius 2 is 2.00 bits per heavy atom. The van der Waals surface area contributed by atoms with Crippen molar-refractivity contribution in [2.45, 2.75) is 44.6 Å². The van der Waals surface area contributed by atoms with Crippen molar-refractivity contribution in [3.05, 3.63) is 45.8 Å². The summed E-state index contributed by atoms with van der Waals surface area (Å²) in [4.78, 5) is 8.93. The molecule has 9 heteroatoms. The standard InChI is InChI=1S/C19H22Cl2N4O2S/c1-3-5-16-24-17-18(12(2)11-23-19(17)22)25(16)8-4-9-28(26,27)15-7-6-13(20)10-14(15)21/h6-7,10-11H,3-5,8-9H2,1-2H3,(H2,22,23). The summed E-state index contributed by atoms with van der Waals surface area (Å²) in [6.45, 7) is 4.54. The van der Waals surface area contributed by atoms with Crippen LogP contribution in [0, 0.1) is 6.92 Å². The van der Waals surface area contributed by atoms with E-state index in [1.807, 2.05) is 6.92 Å². The first-order valence-corrected chi connectivity index (χ1v) is 11.4. The van der Waals surface area contributed by atoms with E-state index in [4.69, 9.17) is 28.9 Å². The molecular formula is C19H22Cl2N4O2S. The highest BCUT2D eigenvalue weighted by atomic mass is 35.5. The summed E-state index contributed by atoms with van der Waals surface area (Å²) < 4.78 is 27.5. The maximum atomic E-state index is 12.7. The van der Waals surface area contributed by atoms with Gasteiger partial charge in [-0.15, -0.1) is 0 Å². The second kappa shape index (κ2) is 8.27. The van der Waals surface area contributed by atoms with Crippen molar-refractivity contribution in [1.82, 2.24) is 14.5 Å². The van der Waals surface area contributed by atoms with E-state index in [2.05, 4.69) is 21.5 Å². The van der Waals surface area contributed by atoms with E-state index in [-0.39, 0.29) is 15.7 Å². The van der Waals surface area contributed by atoms with Crippen LogP contribution in [0.2, 0.25) is 10.0 Å². The molecule has 6 nitrogen and oxygen atoms in total. The van der Waals surface area contributed by atoms with Gasteiger partial charge in [-0.1, -0.05) is 30.1 Å². The van der Waals surface area contributed by atoms with Gasteiger partial charge in [0.15, 0.2) is 15.7 Å². The molecule has 3 rings (SSSR count). The minimum atomic E-state index is -3.52. The van der Waals surface area contributed by atoms with Crippen LogP contribution in [0.5, 0.6) is 0 Å². The van der Waals surface area contributed by atoms with Crippen LogP contribution >= 0.6 is 23.2 Å². The molecule has 150 valence electrons. The van der Waals surface area contributed by atoms with Crippen molar-refractivity contribution in [2.24, 2.45) is 0 Å². The number of anilines is 1. The number of fused-ring (bicyclic) bond motifs is 1. The molecule has 2 aromatic heterocycles. The number of benzene rings is 1. The third-order valence-corrected chi connectivity index (χ3v) is 7.07. The van der Waals surface area contributed by atoms with Crippen molar-refractivity contribution >= 4 is 49.9 Å². The van der Waals surface area contributed by atoms with Gasteiger partial charge in [0, 0.05) is 24.2 Å². The van der Waals surface area contributed by atoms with Gasteiger partial charge < -0.3 is 10.3 Å². The smallest absolute Gasteiger partial charge is 0.179 e. The van der Waals surface area contributed by atoms with Crippen LogP contribution < -0.4 is 5.73 Å². The lowest BCUT2D eigenvalue weighted by Gasteiger charge is -2.11. The van der Waals surface area contributed by atoms with Crippen LogP contribution in [0.1, 0.15) is 31.2 Å². The molecule has 0 atom stereocenters. The zero-order valence-electron chi connectivity index (χ0n) is 15.7. The number of imidazole rings is 1. The Bertz CT molecular complexity index is 1130. The number of nitrogen functional groups attached to an aromatic ring is 1. The zero-order valence-corrected chi connectivity index (χ0v) is 18.1. The number of pyridine rings is 1. The first-order chi connectivity index (χ1) is 13.2. The number of aryl methyl sites for hydroxylation is 3. The number of sulfone groups is 1. The fraction of sp³-hybridized carbons (Fsp3) is 0.368. The molecule has 0 saturated carbocycles. The molecule has 0 fully saturated rings. The molecule has 0 saturated heterocycles. The molecule has 0 unspecified atom stereocenters. The van der Waals surface area contributed by atoms with Gasteiger partial charge in [-0.2, -0.15) is 0 Å². The molecule has 0 aliphatic heterocycles. The molecule has 2 heterocycles. The molecule has 3 aromatic rings. The maximum absolute atomic E-state index is 12.7. The highest BCUT2D eigenvalue weighted by Crippen LogP contribution is 2.27. The Morgan fingerprint density at radius 1 is 1.25 bits per heavy atom. The van der Waals surface area contributed by atoms with Crippen molar-refractivity contribution in [3.63, 3.8) is 0 Å². The highest BCUT2D eigenvalue weighted by molar-refractivity contribution is 7.91. The number of aromatic nitrogens is 3. The van der Waals surface area contributed by atoms with Crippen molar-refractivity contribution in [1.29, 1.82) is 0 Å². The van der Waals surface area contributed by atoms with Crippen LogP contribution in [0.4, 0.5) is 5.82 Å². The first kappa shape index (κ1) is 20.9. The van der Waals surface area contributed by atoms with Crippen LogP contribution in [0.15, 0.2) is 29.3 Å². The average molecular weight is 441 g/mol. The van der Waals surface area contributed by atoms with E-state index in [9.17, 15) is 8.42 Å². The largest absolute Gasteiger partial charge is 0.382 e. The Kier molecular flexibility index (Phi) is 6.17. The third-order valence-electron chi connectivity index (χ3n) is 4.56. The Hall–Kier alpha value is -1.83. The summed E-state index contributed by atoms with van der Waals surface area (Å²) >= 11 is 11.9. The fourth-order valence-corrected chi connectivity index (χ4v) is 5.39. The summed E-state index contributed by atoms with van der Waals surface area (Å²) in [5.74, 6) is 1.25. The average Bonchev–Trinajstić information content (AvgIpc) is 2.98. The number of nitrogens with two attached hydrogens (primary N) is 1. The summed E-state index contributed by atoms with van der Waals surface area (Å²) in [5, 5.41) is 0.543. The minimum absolute atomic E-state index is 0.0286. The first-order valence-electron chi connectivity index (χ1n) is 9.02. The number of nitrogens with zero attached hydrogens (tertiary/aromatic N) is 3. The van der Waals surface area contributed by atoms with Gasteiger partial charge in [0.25, 0.3) is 0 Å². The maximum Gasteiger partial charge on any atom is 0.179 e. The van der Waals surface area contributed by atoms with E-state index in [1.165, 1.54) is 18.2 Å². The molecule has 0 bridgehead atoms. The fourth-order valence-electron chi connectivity index (χ4n) is 3.27. The van der Waals surface area contributed by atoms with E-state index >= 15 is 0 Å². The Balaban J connectivity index is 1.87. The van der Waals surface area contributed by atoms with Crippen molar-refractivity contribution in [3.8, 4) is 0 Å². The van der Waals surface area contributed by atoms with Crippen LogP contribution in [0.25, 0.3) is 11.0 Å². The number of hydrogen-bond acceptors (Lipinski definition) is 5. The molecule has 2 N–H and O–H groups in total. The summed E-state index contributed by atoms with van der Waals surface area (Å²) in [7, 11) is -3.52. The van der Waals surface area contributed by atoms with Gasteiger partial charge in [-0.3, -0.25) is 0 Å². The van der Waals surface area contributed by atoms with Crippen LogP contribution in [0.3, 0.4) is 0 Å². The van der Waals surface area contributed by atoms with Crippen molar-refractivity contribution < 1.29 is 8.42 Å². The normalized spacial score (nSPS) is 12.0. The number of halogens is 2. The predicted molar refractivity (Wildman–Crippen MR) is 114 cm³/mol. The molecular weight excluding hydrogens is 419 g/mol. The summed E-state index contributed by atoms with van der Waals surface area (Å²) in [6.07, 6.45) is 3.85. The molecule has 1 aromatic carbocycles. The summed E-state index contributed by atoms with van der Waals surface area (Å²) in [6, 6.07) is 4.42. The van der Waals surface area contributed by atoms with Gasteiger partial charge in [-0.25, -0.2) is 18.4 Å². The molecule has 0 aliphatic carbocycles. The highest BCUT2D eigenvalue weighted by Gasteiger charge is 2.20. The van der Waals surface area contributed by atoms with Gasteiger partial charge in [0.05, 0.1) is 21.2 Å². The monoisotopic (exact) mass is 440 g/mol. The Morgan fingerprint density at radius 3 is 2.68 bits per heavy atom. The third kappa shape index (κ3) is 4.11. The SMILES string of the molecule is CCCc1nc2c(N)ncc(C)c2n1CCCS(=O)(=O)c1ccc(Cl)cc1Cl. The number of rotatable bonds is 7. The van der Waals surface area contributed by atoms with Gasteiger partial charge in [0.1, 0.15) is 11.3 Å². The predicted octanol–water partition coefficient (Wildman–Crippen LogP) is 4.45. The molecule has 28 heavy (non-hydrogen) atoms. The van der Waals surface area contributed by atoms with Gasteiger partial charge >= 0.3 is 0 Å². The second-order valence-electron chi connectivity index (χ2n) is 6.70. The lowest BCUT2D eigenvalue weighted by Crippen LogP contribution is -2.12. The minimum Gasteiger partial charge on any atom is -0.382 e. The quantitative estimate of drug-likeness (QED) is 0.585. The van der Waals surface area contributed by atoms with E-state index in [0.717, 1.165) is 29.7 Å². The number of hydrogen-bond donors (Lipinski definition) is 1. The van der Waals surface area contributed by atoms with E-state index in [1.54, 1.807) is 6.20 Å². The topological polar surface area (TPSA) is 90.9 Å². The molecule has 0 aliphatic rings. The Labute approximate surface area is 174 Å². The van der Waals surface area contributed by atoms with Gasteiger partial charge in [0.2, 0.25) is 0 Å². The molecule has 0 radical (unpaired) electrons. The molecule has 0 spiro atoms. The lowest BCUT2D eigenvalue weighted by atomic mass is 10.2. The summed E-state index contributed by atoms with van der Waals surface area (Å²) in [5.41, 5.74) is 8.55. The van der Waals surface area contributed by atoms with Crippen molar-refractivity contribution in [2.75, 3.05) is 11.5 Å². The van der Waals surface area contributed by atoms with E-state index < -0.39 is 9.84 Å². The second-order valence-corrected chi connectivity index (χ2v) is 9.62. The van der Waals surface area contributed by atoms with Gasteiger partial charge in [-0.05, 0) is 43.5 Å². The van der Waals surface area contributed by atoms with Crippen LogP contribution in [-0.2, 0) is 22.8 Å². The lowest BCUT2D eigenvalue weighted by molar-refractivity contribution is 0.584. The van der Waals surface area contributed by atoms with Crippen LogP contribution in [-0.4, -0.2) is 28.7 Å². The zero-order chi connectivity index (χ0) is 20.5. The van der Waals surface area contributed by atoms with E-state index in [0.29, 0.717) is 29.3 Å². The molecule has 0 amide bonds.